The fraction of sp³-hybridized carbons (Fsp3) is 0.545. The Kier molecular flexibility index (Phi) is 8.37. The Balaban J connectivity index is 1.70. The Labute approximate surface area is 192 Å². The van der Waals surface area contributed by atoms with E-state index in [1.807, 2.05) is 25.3 Å². The van der Waals surface area contributed by atoms with Gasteiger partial charge in [-0.3, -0.25) is 9.59 Å². The van der Waals surface area contributed by atoms with Gasteiger partial charge in [0.15, 0.2) is 11.0 Å². The molecule has 1 aromatic heterocycles. The molecular formula is C22H30ClN5O2S. The number of benzene rings is 1. The second kappa shape index (κ2) is 11.0. The fourth-order valence-corrected chi connectivity index (χ4v) is 4.84. The maximum Gasteiger partial charge on any atom is 0.253 e. The Morgan fingerprint density at radius 1 is 1.23 bits per heavy atom. The lowest BCUT2D eigenvalue weighted by molar-refractivity contribution is -0.119. The van der Waals surface area contributed by atoms with Gasteiger partial charge in [-0.05, 0) is 37.8 Å². The van der Waals surface area contributed by atoms with Crippen molar-refractivity contribution < 1.29 is 9.59 Å². The van der Waals surface area contributed by atoms with Gasteiger partial charge in [0.1, 0.15) is 0 Å². The first kappa shape index (κ1) is 23.6. The van der Waals surface area contributed by atoms with E-state index in [0.717, 1.165) is 12.8 Å². The summed E-state index contributed by atoms with van der Waals surface area (Å²) in [4.78, 5) is 25.1. The number of nitrogens with one attached hydrogen (secondary N) is 2. The van der Waals surface area contributed by atoms with Gasteiger partial charge in [0, 0.05) is 12.6 Å². The second-order valence-electron chi connectivity index (χ2n) is 8.10. The van der Waals surface area contributed by atoms with Crippen molar-refractivity contribution in [2.45, 2.75) is 70.2 Å². The predicted octanol–water partition coefficient (Wildman–Crippen LogP) is 4.23. The quantitative estimate of drug-likeness (QED) is 0.543. The molecule has 31 heavy (non-hydrogen) atoms. The minimum Gasteiger partial charge on any atom is -0.353 e. The van der Waals surface area contributed by atoms with Gasteiger partial charge >= 0.3 is 0 Å². The molecule has 0 saturated heterocycles. The molecule has 0 bridgehead atoms. The van der Waals surface area contributed by atoms with Gasteiger partial charge in [-0.25, -0.2) is 0 Å². The van der Waals surface area contributed by atoms with Crippen LogP contribution in [0, 0.1) is 5.92 Å². The predicted molar refractivity (Wildman–Crippen MR) is 123 cm³/mol. The Morgan fingerprint density at radius 2 is 1.94 bits per heavy atom. The van der Waals surface area contributed by atoms with Crippen LogP contribution in [-0.2, 0) is 11.3 Å². The van der Waals surface area contributed by atoms with Crippen molar-refractivity contribution in [3.8, 4) is 0 Å². The molecule has 9 heteroatoms. The molecule has 1 atom stereocenters. The molecule has 7 nitrogen and oxygen atoms in total. The summed E-state index contributed by atoms with van der Waals surface area (Å²) < 4.78 is 1.96. The Morgan fingerprint density at radius 3 is 2.58 bits per heavy atom. The topological polar surface area (TPSA) is 88.9 Å². The number of hydrogen-bond donors (Lipinski definition) is 2. The molecule has 1 heterocycles. The van der Waals surface area contributed by atoms with Crippen molar-refractivity contribution in [1.82, 2.24) is 25.4 Å². The van der Waals surface area contributed by atoms with Crippen molar-refractivity contribution in [3.63, 3.8) is 0 Å². The minimum atomic E-state index is -0.335. The van der Waals surface area contributed by atoms with Crippen LogP contribution in [0.5, 0.6) is 0 Å². The first-order chi connectivity index (χ1) is 14.9. The fourth-order valence-electron chi connectivity index (χ4n) is 3.80. The summed E-state index contributed by atoms with van der Waals surface area (Å²) in [5.74, 6) is 0.838. The molecular weight excluding hydrogens is 434 g/mol. The molecule has 1 unspecified atom stereocenters. The second-order valence-corrected chi connectivity index (χ2v) is 9.45. The normalized spacial score (nSPS) is 15.3. The van der Waals surface area contributed by atoms with E-state index in [-0.39, 0.29) is 23.8 Å². The number of halogens is 1. The van der Waals surface area contributed by atoms with Crippen LogP contribution < -0.4 is 10.6 Å². The summed E-state index contributed by atoms with van der Waals surface area (Å²) in [7, 11) is 0. The molecule has 0 radical (unpaired) electrons. The van der Waals surface area contributed by atoms with E-state index in [4.69, 9.17) is 11.6 Å². The van der Waals surface area contributed by atoms with E-state index in [0.29, 0.717) is 39.9 Å². The van der Waals surface area contributed by atoms with Crippen LogP contribution in [0.3, 0.4) is 0 Å². The van der Waals surface area contributed by atoms with Crippen molar-refractivity contribution in [3.05, 3.63) is 40.7 Å². The van der Waals surface area contributed by atoms with E-state index < -0.39 is 0 Å². The van der Waals surface area contributed by atoms with Crippen molar-refractivity contribution in [2.75, 3.05) is 5.75 Å². The highest BCUT2D eigenvalue weighted by molar-refractivity contribution is 7.99. The first-order valence-electron chi connectivity index (χ1n) is 10.8. The van der Waals surface area contributed by atoms with Crippen LogP contribution in [0.15, 0.2) is 29.4 Å². The number of nitrogens with zero attached hydrogens (tertiary/aromatic N) is 3. The van der Waals surface area contributed by atoms with Gasteiger partial charge in [0.25, 0.3) is 5.91 Å². The van der Waals surface area contributed by atoms with Crippen LogP contribution >= 0.6 is 23.4 Å². The molecule has 0 aliphatic heterocycles. The number of carbonyl (C=O) groups is 2. The standard InChI is InChI=1S/C22H30ClN5O2S/c1-4-28-20(19(14(2)3)25-21(30)16-11-7-8-12-17(16)23)26-27-22(28)31-13-18(29)24-15-9-5-6-10-15/h7-8,11-12,14-15,19H,4-6,9-10,13H2,1-3H3,(H,24,29)(H,25,30). The lowest BCUT2D eigenvalue weighted by atomic mass is 10.0. The summed E-state index contributed by atoms with van der Waals surface area (Å²) in [6.45, 7) is 6.69. The molecule has 1 aromatic carbocycles. The summed E-state index contributed by atoms with van der Waals surface area (Å²) in [6, 6.07) is 6.94. The van der Waals surface area contributed by atoms with Gasteiger partial charge in [0.2, 0.25) is 5.91 Å². The van der Waals surface area contributed by atoms with Gasteiger partial charge in [0.05, 0.1) is 22.4 Å². The van der Waals surface area contributed by atoms with Crippen molar-refractivity contribution in [1.29, 1.82) is 0 Å². The van der Waals surface area contributed by atoms with Crippen LogP contribution in [0.4, 0.5) is 0 Å². The summed E-state index contributed by atoms with van der Waals surface area (Å²) >= 11 is 7.56. The third-order valence-corrected chi connectivity index (χ3v) is 6.76. The summed E-state index contributed by atoms with van der Waals surface area (Å²) in [5, 5.41) is 15.9. The molecule has 0 spiro atoms. The van der Waals surface area contributed by atoms with Gasteiger partial charge < -0.3 is 15.2 Å². The number of rotatable bonds is 9. The third-order valence-electron chi connectivity index (χ3n) is 5.46. The third kappa shape index (κ3) is 6.01. The smallest absolute Gasteiger partial charge is 0.253 e. The van der Waals surface area contributed by atoms with Crippen LogP contribution in [0.2, 0.25) is 5.02 Å². The monoisotopic (exact) mass is 463 g/mol. The van der Waals surface area contributed by atoms with Crippen LogP contribution in [0.25, 0.3) is 0 Å². The molecule has 2 N–H and O–H groups in total. The van der Waals surface area contributed by atoms with E-state index in [1.165, 1.54) is 24.6 Å². The van der Waals surface area contributed by atoms with Gasteiger partial charge in [-0.2, -0.15) is 0 Å². The van der Waals surface area contributed by atoms with Crippen molar-refractivity contribution in [2.24, 2.45) is 5.92 Å². The van der Waals surface area contributed by atoms with Gasteiger partial charge in [-0.1, -0.05) is 62.2 Å². The number of amides is 2. The van der Waals surface area contributed by atoms with E-state index in [9.17, 15) is 9.59 Å². The number of hydrogen-bond acceptors (Lipinski definition) is 5. The minimum absolute atomic E-state index is 0.0246. The van der Waals surface area contributed by atoms with Crippen molar-refractivity contribution >= 4 is 35.2 Å². The summed E-state index contributed by atoms with van der Waals surface area (Å²) in [5.41, 5.74) is 0.426. The highest BCUT2D eigenvalue weighted by atomic mass is 35.5. The summed E-state index contributed by atoms with van der Waals surface area (Å²) in [6.07, 6.45) is 4.49. The molecule has 2 amide bonds. The number of aromatic nitrogens is 3. The number of carbonyl (C=O) groups excluding carboxylic acids is 2. The highest BCUT2D eigenvalue weighted by Crippen LogP contribution is 2.26. The molecule has 1 aliphatic carbocycles. The Bertz CT molecular complexity index is 911. The average Bonchev–Trinajstić information content (AvgIpc) is 3.39. The van der Waals surface area contributed by atoms with Crippen LogP contribution in [-0.4, -0.2) is 38.4 Å². The van der Waals surface area contributed by atoms with E-state index in [2.05, 4.69) is 20.8 Å². The maximum absolute atomic E-state index is 12.8. The largest absolute Gasteiger partial charge is 0.353 e. The molecule has 168 valence electrons. The zero-order valence-electron chi connectivity index (χ0n) is 18.2. The number of thioether (sulfide) groups is 1. The molecule has 1 aliphatic rings. The average molecular weight is 464 g/mol. The molecule has 1 saturated carbocycles. The van der Waals surface area contributed by atoms with E-state index in [1.54, 1.807) is 24.3 Å². The Hall–Kier alpha value is -2.06. The highest BCUT2D eigenvalue weighted by Gasteiger charge is 2.27. The van der Waals surface area contributed by atoms with E-state index >= 15 is 0 Å². The zero-order valence-corrected chi connectivity index (χ0v) is 19.8. The molecule has 2 aromatic rings. The first-order valence-corrected chi connectivity index (χ1v) is 12.2. The maximum atomic E-state index is 12.8. The SMILES string of the molecule is CCn1c(SCC(=O)NC2CCCC2)nnc1C(NC(=O)c1ccccc1Cl)C(C)C. The van der Waals surface area contributed by atoms with Gasteiger partial charge in [-0.15, -0.1) is 10.2 Å². The lowest BCUT2D eigenvalue weighted by Gasteiger charge is -2.22. The molecule has 1 fully saturated rings. The lowest BCUT2D eigenvalue weighted by Crippen LogP contribution is -2.34. The zero-order chi connectivity index (χ0) is 22.4. The molecule has 3 rings (SSSR count). The van der Waals surface area contributed by atoms with Crippen LogP contribution in [0.1, 0.15) is 68.7 Å².